The highest BCUT2D eigenvalue weighted by molar-refractivity contribution is 5.83. The van der Waals surface area contributed by atoms with E-state index in [4.69, 9.17) is 4.74 Å². The molecule has 0 radical (unpaired) electrons. The van der Waals surface area contributed by atoms with Gasteiger partial charge in [-0.05, 0) is 34.7 Å². The fraction of sp³-hybridized carbons (Fsp3) is 0.375. The molecule has 18 heavy (non-hydrogen) atoms. The van der Waals surface area contributed by atoms with Gasteiger partial charge in [-0.15, -0.1) is 0 Å². The van der Waals surface area contributed by atoms with E-state index in [1.165, 1.54) is 10.8 Å². The number of hydrogen-bond acceptors (Lipinski definition) is 2. The molecule has 2 aromatic carbocycles. The van der Waals surface area contributed by atoms with Crippen LogP contribution in [0.1, 0.15) is 25.0 Å². The summed E-state index contributed by atoms with van der Waals surface area (Å²) in [5.74, 6) is 0.200. The van der Waals surface area contributed by atoms with Crippen molar-refractivity contribution in [1.29, 1.82) is 0 Å². The van der Waals surface area contributed by atoms with Gasteiger partial charge in [0, 0.05) is 13.7 Å². The molecular weight excluding hydrogens is 224 g/mol. The molecule has 0 aliphatic carbocycles. The Kier molecular flexibility index (Phi) is 4.34. The normalized spacial score (nSPS) is 14.6. The van der Waals surface area contributed by atoms with Crippen LogP contribution in [0.5, 0.6) is 0 Å². The third-order valence-electron chi connectivity index (χ3n) is 3.43. The number of aliphatic hydroxyl groups is 1. The Hall–Kier alpha value is -1.38. The average molecular weight is 244 g/mol. The van der Waals surface area contributed by atoms with Crippen molar-refractivity contribution in [3.8, 4) is 0 Å². The first kappa shape index (κ1) is 13.1. The summed E-state index contributed by atoms with van der Waals surface area (Å²) in [5.41, 5.74) is 0.984. The number of methoxy groups -OCH3 is 1. The minimum Gasteiger partial charge on any atom is -0.388 e. The van der Waals surface area contributed by atoms with Gasteiger partial charge in [0.1, 0.15) is 0 Å². The van der Waals surface area contributed by atoms with Crippen LogP contribution in [0.15, 0.2) is 42.5 Å². The molecular formula is C16H20O2. The van der Waals surface area contributed by atoms with Crippen LogP contribution in [0.4, 0.5) is 0 Å². The summed E-state index contributed by atoms with van der Waals surface area (Å²) in [5, 5.41) is 12.7. The van der Waals surface area contributed by atoms with Crippen molar-refractivity contribution in [3.05, 3.63) is 48.0 Å². The maximum atomic E-state index is 10.3. The van der Waals surface area contributed by atoms with Crippen molar-refractivity contribution in [2.45, 2.75) is 19.4 Å². The standard InChI is InChI=1S/C16H20O2/c1-12(9-10-18-2)16(17)15-8-7-13-5-3-4-6-14(13)11-15/h3-8,11-12,16-17H,9-10H2,1-2H3. The minimum atomic E-state index is -0.426. The second-order valence-corrected chi connectivity index (χ2v) is 4.81. The number of fused-ring (bicyclic) bond motifs is 1. The molecule has 2 rings (SSSR count). The van der Waals surface area contributed by atoms with Crippen molar-refractivity contribution >= 4 is 10.8 Å². The molecule has 0 fully saturated rings. The Balaban J connectivity index is 2.19. The Bertz CT molecular complexity index is 507. The van der Waals surface area contributed by atoms with Crippen LogP contribution in [-0.2, 0) is 4.74 Å². The third-order valence-corrected chi connectivity index (χ3v) is 3.43. The maximum absolute atomic E-state index is 10.3. The molecule has 0 spiro atoms. The van der Waals surface area contributed by atoms with Gasteiger partial charge in [0.15, 0.2) is 0 Å². The average Bonchev–Trinajstić information content (AvgIpc) is 2.43. The first-order valence-corrected chi connectivity index (χ1v) is 6.38. The van der Waals surface area contributed by atoms with E-state index in [1.807, 2.05) is 18.2 Å². The Morgan fingerprint density at radius 2 is 1.83 bits per heavy atom. The molecule has 0 bridgehead atoms. The first-order chi connectivity index (χ1) is 8.72. The van der Waals surface area contributed by atoms with Gasteiger partial charge in [0.05, 0.1) is 6.10 Å². The van der Waals surface area contributed by atoms with Gasteiger partial charge in [-0.2, -0.15) is 0 Å². The van der Waals surface area contributed by atoms with Gasteiger partial charge in [-0.1, -0.05) is 43.3 Å². The molecule has 2 atom stereocenters. The summed E-state index contributed by atoms with van der Waals surface area (Å²) in [4.78, 5) is 0. The molecule has 2 unspecified atom stereocenters. The number of ether oxygens (including phenoxy) is 1. The van der Waals surface area contributed by atoms with Crippen molar-refractivity contribution in [3.63, 3.8) is 0 Å². The molecule has 0 saturated carbocycles. The summed E-state index contributed by atoms with van der Waals surface area (Å²) in [7, 11) is 1.69. The zero-order chi connectivity index (χ0) is 13.0. The highest BCUT2D eigenvalue weighted by Crippen LogP contribution is 2.27. The summed E-state index contributed by atoms with van der Waals surface area (Å²) in [6.45, 7) is 2.74. The zero-order valence-electron chi connectivity index (χ0n) is 11.0. The lowest BCUT2D eigenvalue weighted by Crippen LogP contribution is -2.11. The number of benzene rings is 2. The first-order valence-electron chi connectivity index (χ1n) is 6.38. The van der Waals surface area contributed by atoms with Crippen LogP contribution in [0.3, 0.4) is 0 Å². The molecule has 0 amide bonds. The van der Waals surface area contributed by atoms with E-state index in [0.29, 0.717) is 6.61 Å². The van der Waals surface area contributed by atoms with Crippen molar-refractivity contribution < 1.29 is 9.84 Å². The SMILES string of the molecule is COCCC(C)C(O)c1ccc2ccccc2c1. The molecule has 0 aliphatic heterocycles. The highest BCUT2D eigenvalue weighted by Gasteiger charge is 2.16. The fourth-order valence-corrected chi connectivity index (χ4v) is 2.18. The quantitative estimate of drug-likeness (QED) is 0.871. The van der Waals surface area contributed by atoms with Crippen LogP contribution in [0.2, 0.25) is 0 Å². The summed E-state index contributed by atoms with van der Waals surface area (Å²) >= 11 is 0. The monoisotopic (exact) mass is 244 g/mol. The van der Waals surface area contributed by atoms with Gasteiger partial charge in [-0.3, -0.25) is 0 Å². The molecule has 0 aromatic heterocycles. The summed E-state index contributed by atoms with van der Waals surface area (Å²) in [6, 6.07) is 14.4. The van der Waals surface area contributed by atoms with E-state index in [2.05, 4.69) is 31.2 Å². The van der Waals surface area contributed by atoms with E-state index in [0.717, 1.165) is 12.0 Å². The van der Waals surface area contributed by atoms with Crippen LogP contribution < -0.4 is 0 Å². The second-order valence-electron chi connectivity index (χ2n) is 4.81. The largest absolute Gasteiger partial charge is 0.388 e. The predicted octanol–water partition coefficient (Wildman–Crippen LogP) is 3.55. The van der Waals surface area contributed by atoms with Crippen molar-refractivity contribution in [1.82, 2.24) is 0 Å². The van der Waals surface area contributed by atoms with E-state index in [9.17, 15) is 5.11 Å². The molecule has 2 heteroatoms. The van der Waals surface area contributed by atoms with E-state index >= 15 is 0 Å². The number of aliphatic hydroxyl groups excluding tert-OH is 1. The predicted molar refractivity (Wildman–Crippen MR) is 74.6 cm³/mol. The molecule has 96 valence electrons. The summed E-state index contributed by atoms with van der Waals surface area (Å²) in [6.07, 6.45) is 0.439. The molecule has 1 N–H and O–H groups in total. The van der Waals surface area contributed by atoms with Gasteiger partial charge >= 0.3 is 0 Å². The Morgan fingerprint density at radius 1 is 1.11 bits per heavy atom. The topological polar surface area (TPSA) is 29.5 Å². The van der Waals surface area contributed by atoms with Crippen LogP contribution >= 0.6 is 0 Å². The number of hydrogen-bond donors (Lipinski definition) is 1. The van der Waals surface area contributed by atoms with Gasteiger partial charge < -0.3 is 9.84 Å². The van der Waals surface area contributed by atoms with Crippen LogP contribution in [0, 0.1) is 5.92 Å². The van der Waals surface area contributed by atoms with E-state index in [1.54, 1.807) is 7.11 Å². The van der Waals surface area contributed by atoms with Gasteiger partial charge in [0.2, 0.25) is 0 Å². The summed E-state index contributed by atoms with van der Waals surface area (Å²) < 4.78 is 5.06. The Labute approximate surface area is 108 Å². The Morgan fingerprint density at radius 3 is 2.56 bits per heavy atom. The number of rotatable bonds is 5. The fourth-order valence-electron chi connectivity index (χ4n) is 2.18. The third kappa shape index (κ3) is 2.89. The van der Waals surface area contributed by atoms with Crippen LogP contribution in [-0.4, -0.2) is 18.8 Å². The molecule has 0 heterocycles. The maximum Gasteiger partial charge on any atom is 0.0816 e. The molecule has 2 aromatic rings. The van der Waals surface area contributed by atoms with Crippen LogP contribution in [0.25, 0.3) is 10.8 Å². The van der Waals surface area contributed by atoms with E-state index in [-0.39, 0.29) is 5.92 Å². The minimum absolute atomic E-state index is 0.200. The lowest BCUT2D eigenvalue weighted by atomic mass is 9.93. The molecule has 2 nitrogen and oxygen atoms in total. The smallest absolute Gasteiger partial charge is 0.0816 e. The van der Waals surface area contributed by atoms with Crippen molar-refractivity contribution in [2.75, 3.05) is 13.7 Å². The van der Waals surface area contributed by atoms with E-state index < -0.39 is 6.10 Å². The molecule has 0 saturated heterocycles. The lowest BCUT2D eigenvalue weighted by Gasteiger charge is -2.19. The zero-order valence-corrected chi connectivity index (χ0v) is 11.0. The second kappa shape index (κ2) is 5.98. The highest BCUT2D eigenvalue weighted by atomic mass is 16.5. The van der Waals surface area contributed by atoms with Crippen molar-refractivity contribution in [2.24, 2.45) is 5.92 Å². The molecule has 0 aliphatic rings. The van der Waals surface area contributed by atoms with Gasteiger partial charge in [0.25, 0.3) is 0 Å². The lowest BCUT2D eigenvalue weighted by molar-refractivity contribution is 0.0887. The van der Waals surface area contributed by atoms with Gasteiger partial charge in [-0.25, -0.2) is 0 Å².